The van der Waals surface area contributed by atoms with Crippen LogP contribution in [0.4, 0.5) is 4.39 Å². The molecule has 0 saturated heterocycles. The number of halogens is 1. The van der Waals surface area contributed by atoms with E-state index in [9.17, 15) is 12.8 Å². The van der Waals surface area contributed by atoms with Crippen molar-refractivity contribution in [3.63, 3.8) is 0 Å². The van der Waals surface area contributed by atoms with E-state index in [1.54, 1.807) is 6.07 Å². The number of nitriles is 1. The number of benzene rings is 1. The highest BCUT2D eigenvalue weighted by atomic mass is 32.2. The van der Waals surface area contributed by atoms with Crippen LogP contribution in [-0.2, 0) is 16.6 Å². The number of hydrazone groups is 1. The summed E-state index contributed by atoms with van der Waals surface area (Å²) in [4.78, 5) is 3.85. The zero-order chi connectivity index (χ0) is 19.2. The topological polar surface area (TPSA) is 150 Å². The molecule has 9 nitrogen and oxygen atoms in total. The van der Waals surface area contributed by atoms with Gasteiger partial charge in [-0.15, -0.1) is 5.10 Å². The fourth-order valence-corrected chi connectivity index (χ4v) is 2.83. The van der Waals surface area contributed by atoms with Gasteiger partial charge in [-0.25, -0.2) is 23.8 Å². The van der Waals surface area contributed by atoms with E-state index < -0.39 is 15.8 Å². The van der Waals surface area contributed by atoms with Gasteiger partial charge in [0, 0.05) is 5.56 Å². The van der Waals surface area contributed by atoms with Gasteiger partial charge >= 0.3 is 0 Å². The van der Waals surface area contributed by atoms with Crippen LogP contribution in [0.25, 0.3) is 0 Å². The summed E-state index contributed by atoms with van der Waals surface area (Å²) in [6.45, 7) is -0.223. The van der Waals surface area contributed by atoms with Crippen LogP contribution in [0.3, 0.4) is 0 Å². The first-order valence-corrected chi connectivity index (χ1v) is 8.74. The van der Waals surface area contributed by atoms with E-state index in [0.29, 0.717) is 11.3 Å². The SMILES string of the molecule is N#CCNS(=O)(=O)c1ccc(/C(N)=N/N(N)Cc2ccc(F)cn2)cc1. The predicted octanol–water partition coefficient (Wildman–Crippen LogP) is 0.0188. The van der Waals surface area contributed by atoms with Gasteiger partial charge in [-0.3, -0.25) is 4.98 Å². The van der Waals surface area contributed by atoms with Crippen LogP contribution in [0.2, 0.25) is 0 Å². The number of nitrogens with one attached hydrogen (secondary N) is 1. The van der Waals surface area contributed by atoms with E-state index in [1.165, 1.54) is 36.4 Å². The second-order valence-electron chi connectivity index (χ2n) is 5.06. The summed E-state index contributed by atoms with van der Waals surface area (Å²) in [6.07, 6.45) is 1.07. The predicted molar refractivity (Wildman–Crippen MR) is 91.9 cm³/mol. The highest BCUT2D eigenvalue weighted by Crippen LogP contribution is 2.10. The number of hydrogen-bond acceptors (Lipinski definition) is 7. The highest BCUT2D eigenvalue weighted by Gasteiger charge is 2.13. The quantitative estimate of drug-likeness (QED) is 0.202. The third-order valence-corrected chi connectivity index (χ3v) is 4.57. The minimum atomic E-state index is -3.76. The smallest absolute Gasteiger partial charge is 0.241 e. The Kier molecular flexibility index (Phi) is 6.18. The second kappa shape index (κ2) is 8.34. The molecule has 0 fully saturated rings. The Hall–Kier alpha value is -3.07. The van der Waals surface area contributed by atoms with E-state index >= 15 is 0 Å². The summed E-state index contributed by atoms with van der Waals surface area (Å²) in [6, 6.07) is 10.0. The van der Waals surface area contributed by atoms with Crippen molar-refractivity contribution < 1.29 is 12.8 Å². The first-order chi connectivity index (χ1) is 12.3. The van der Waals surface area contributed by atoms with E-state index in [0.717, 1.165) is 11.3 Å². The molecule has 0 aliphatic rings. The number of amidine groups is 1. The monoisotopic (exact) mass is 377 g/mol. The zero-order valence-corrected chi connectivity index (χ0v) is 14.3. The van der Waals surface area contributed by atoms with Gasteiger partial charge in [-0.1, -0.05) is 0 Å². The van der Waals surface area contributed by atoms with Crippen molar-refractivity contribution in [2.75, 3.05) is 6.54 Å². The number of hydrazine groups is 1. The number of aromatic nitrogens is 1. The standard InChI is InChI=1S/C15H16FN7O2S/c16-12-3-4-13(20-9-12)10-23(19)22-15(18)11-1-5-14(6-2-11)26(24,25)21-8-7-17/h1-6,9,21H,8,10,19H2,(H2,18,22). The molecule has 0 radical (unpaired) electrons. The second-order valence-corrected chi connectivity index (χ2v) is 6.82. The number of nitrogens with zero attached hydrogens (tertiary/aromatic N) is 4. The average Bonchev–Trinajstić information content (AvgIpc) is 2.62. The number of hydrogen-bond donors (Lipinski definition) is 3. The third-order valence-electron chi connectivity index (χ3n) is 3.15. The molecule has 0 aliphatic heterocycles. The van der Waals surface area contributed by atoms with Crippen LogP contribution >= 0.6 is 0 Å². The molecule has 2 rings (SSSR count). The van der Waals surface area contributed by atoms with Crippen molar-refractivity contribution in [2.24, 2.45) is 16.7 Å². The number of rotatable bonds is 7. The number of pyridine rings is 1. The summed E-state index contributed by atoms with van der Waals surface area (Å²) < 4.78 is 38.7. The Balaban J connectivity index is 2.08. The van der Waals surface area contributed by atoms with Crippen LogP contribution in [0, 0.1) is 17.1 Å². The fraction of sp³-hybridized carbons (Fsp3) is 0.133. The molecule has 26 heavy (non-hydrogen) atoms. The number of nitrogens with two attached hydrogens (primary N) is 2. The van der Waals surface area contributed by atoms with Gasteiger partial charge in [0.15, 0.2) is 5.84 Å². The van der Waals surface area contributed by atoms with Crippen molar-refractivity contribution in [3.05, 3.63) is 59.7 Å². The van der Waals surface area contributed by atoms with E-state index in [-0.39, 0.29) is 23.8 Å². The molecule has 136 valence electrons. The molecule has 0 aliphatic carbocycles. The molecule has 0 unspecified atom stereocenters. The molecular formula is C15H16FN7O2S. The minimum Gasteiger partial charge on any atom is -0.382 e. The molecule has 0 saturated carbocycles. The Bertz CT molecular complexity index is 922. The zero-order valence-electron chi connectivity index (χ0n) is 13.5. The maximum atomic E-state index is 12.8. The molecule has 1 aromatic heterocycles. The maximum Gasteiger partial charge on any atom is 0.241 e. The Morgan fingerprint density at radius 2 is 2.00 bits per heavy atom. The Morgan fingerprint density at radius 1 is 1.31 bits per heavy atom. The summed E-state index contributed by atoms with van der Waals surface area (Å²) in [5.74, 6) is 5.33. The van der Waals surface area contributed by atoms with E-state index in [1.807, 2.05) is 0 Å². The minimum absolute atomic E-state index is 0.00980. The highest BCUT2D eigenvalue weighted by molar-refractivity contribution is 7.89. The van der Waals surface area contributed by atoms with Crippen LogP contribution < -0.4 is 16.3 Å². The van der Waals surface area contributed by atoms with Gasteiger partial charge < -0.3 is 5.73 Å². The van der Waals surface area contributed by atoms with E-state index in [2.05, 4.69) is 14.8 Å². The summed E-state index contributed by atoms with van der Waals surface area (Å²) in [5, 5.41) is 13.5. The molecule has 5 N–H and O–H groups in total. The third kappa shape index (κ3) is 5.21. The first-order valence-electron chi connectivity index (χ1n) is 7.25. The number of sulfonamides is 1. The van der Waals surface area contributed by atoms with Crippen LogP contribution in [0.5, 0.6) is 0 Å². The van der Waals surface area contributed by atoms with Crippen LogP contribution in [-0.4, -0.2) is 30.9 Å². The van der Waals surface area contributed by atoms with Gasteiger partial charge in [0.05, 0.1) is 35.9 Å². The summed E-state index contributed by atoms with van der Waals surface area (Å²) >= 11 is 0. The van der Waals surface area contributed by atoms with Gasteiger partial charge in [-0.2, -0.15) is 9.98 Å². The molecule has 0 bridgehead atoms. The maximum absolute atomic E-state index is 12.8. The molecule has 0 spiro atoms. The molecule has 0 atom stereocenters. The van der Waals surface area contributed by atoms with Crippen LogP contribution in [0.15, 0.2) is 52.6 Å². The van der Waals surface area contributed by atoms with Crippen molar-refractivity contribution in [1.29, 1.82) is 5.26 Å². The van der Waals surface area contributed by atoms with Crippen molar-refractivity contribution >= 4 is 15.9 Å². The van der Waals surface area contributed by atoms with Crippen molar-refractivity contribution in [3.8, 4) is 6.07 Å². The molecule has 0 amide bonds. The summed E-state index contributed by atoms with van der Waals surface area (Å²) in [5.41, 5.74) is 6.80. The van der Waals surface area contributed by atoms with Gasteiger partial charge in [-0.05, 0) is 36.4 Å². The molecule has 1 heterocycles. The largest absolute Gasteiger partial charge is 0.382 e. The lowest BCUT2D eigenvalue weighted by Crippen LogP contribution is -2.29. The van der Waals surface area contributed by atoms with Crippen molar-refractivity contribution in [1.82, 2.24) is 14.8 Å². The van der Waals surface area contributed by atoms with Crippen LogP contribution in [0.1, 0.15) is 11.3 Å². The Labute approximate surface area is 149 Å². The molecule has 1 aromatic carbocycles. The average molecular weight is 377 g/mol. The normalized spacial score (nSPS) is 11.8. The molecule has 2 aromatic rings. The summed E-state index contributed by atoms with van der Waals surface area (Å²) in [7, 11) is -3.76. The van der Waals surface area contributed by atoms with E-state index in [4.69, 9.17) is 16.8 Å². The molecular weight excluding hydrogens is 361 g/mol. The Morgan fingerprint density at radius 3 is 2.58 bits per heavy atom. The molecule has 11 heteroatoms. The lowest BCUT2D eigenvalue weighted by Gasteiger charge is -2.13. The van der Waals surface area contributed by atoms with Gasteiger partial charge in [0.1, 0.15) is 5.82 Å². The lowest BCUT2D eigenvalue weighted by molar-refractivity contribution is 0.286. The van der Waals surface area contributed by atoms with Crippen molar-refractivity contribution in [2.45, 2.75) is 11.4 Å². The van der Waals surface area contributed by atoms with Gasteiger partial charge in [0.25, 0.3) is 0 Å². The first kappa shape index (κ1) is 19.3. The lowest BCUT2D eigenvalue weighted by atomic mass is 10.2. The fourth-order valence-electron chi connectivity index (χ4n) is 1.91. The van der Waals surface area contributed by atoms with Gasteiger partial charge in [0.2, 0.25) is 10.0 Å².